The summed E-state index contributed by atoms with van der Waals surface area (Å²) in [6.45, 7) is 4.34. The Morgan fingerprint density at radius 2 is 1.69 bits per heavy atom. The number of aromatic nitrogens is 2. The maximum atomic E-state index is 12.3. The van der Waals surface area contributed by atoms with Gasteiger partial charge in [0.25, 0.3) is 0 Å². The zero-order valence-corrected chi connectivity index (χ0v) is 16.3. The number of nitrogens with zero attached hydrogens (tertiary/aromatic N) is 2. The van der Waals surface area contributed by atoms with E-state index in [1.807, 2.05) is 31.6 Å². The first kappa shape index (κ1) is 19.6. The van der Waals surface area contributed by atoms with Gasteiger partial charge < -0.3 is 19.5 Å². The van der Waals surface area contributed by atoms with Crippen LogP contribution in [0.5, 0.6) is 17.2 Å². The number of carbonyl (C=O) groups excluding carboxylic acids is 1. The summed E-state index contributed by atoms with van der Waals surface area (Å²) in [6.07, 6.45) is 1.07. The minimum absolute atomic E-state index is 0.0236. The number of hydrogen-bond acceptors (Lipinski definition) is 5. The molecule has 7 nitrogen and oxygen atoms in total. The molecular formula is C19H27N3O4. The minimum Gasteiger partial charge on any atom is -0.496 e. The lowest BCUT2D eigenvalue weighted by Gasteiger charge is -2.14. The number of rotatable bonds is 8. The molecule has 1 amide bonds. The van der Waals surface area contributed by atoms with Crippen molar-refractivity contribution < 1.29 is 19.0 Å². The summed E-state index contributed by atoms with van der Waals surface area (Å²) in [4.78, 5) is 12.3. The quantitative estimate of drug-likeness (QED) is 0.781. The van der Waals surface area contributed by atoms with Crippen LogP contribution in [0, 0.1) is 13.8 Å². The van der Waals surface area contributed by atoms with Crippen LogP contribution in [0.3, 0.4) is 0 Å². The Balaban J connectivity index is 2.00. The second-order valence-corrected chi connectivity index (χ2v) is 6.07. The third-order valence-electron chi connectivity index (χ3n) is 4.52. The van der Waals surface area contributed by atoms with Gasteiger partial charge in [0.1, 0.15) is 5.75 Å². The van der Waals surface area contributed by atoms with Crippen LogP contribution in [0.25, 0.3) is 0 Å². The fourth-order valence-corrected chi connectivity index (χ4v) is 2.93. The zero-order chi connectivity index (χ0) is 19.3. The Morgan fingerprint density at radius 1 is 1.08 bits per heavy atom. The summed E-state index contributed by atoms with van der Waals surface area (Å²) < 4.78 is 17.8. The van der Waals surface area contributed by atoms with Crippen LogP contribution in [0.4, 0.5) is 0 Å². The molecular weight excluding hydrogens is 334 g/mol. The van der Waals surface area contributed by atoms with Crippen molar-refractivity contribution in [3.05, 3.63) is 34.6 Å². The first-order valence-electron chi connectivity index (χ1n) is 8.45. The molecule has 0 saturated carbocycles. The van der Waals surface area contributed by atoms with Crippen molar-refractivity contribution in [2.75, 3.05) is 21.3 Å². The van der Waals surface area contributed by atoms with E-state index in [-0.39, 0.29) is 5.91 Å². The molecule has 0 fully saturated rings. The molecule has 0 spiro atoms. The number of aryl methyl sites for hydroxylation is 2. The summed E-state index contributed by atoms with van der Waals surface area (Å²) in [5.74, 6) is 1.80. The van der Waals surface area contributed by atoms with E-state index >= 15 is 0 Å². The predicted molar refractivity (Wildman–Crippen MR) is 98.9 cm³/mol. The zero-order valence-electron chi connectivity index (χ0n) is 16.3. The van der Waals surface area contributed by atoms with Gasteiger partial charge in [0.15, 0.2) is 11.5 Å². The SMILES string of the molecule is COc1cc(OC)c(OC)cc1CNC(=O)CCc1c(C)nn(C)c1C. The van der Waals surface area contributed by atoms with Crippen LogP contribution in [0.1, 0.15) is 28.9 Å². The van der Waals surface area contributed by atoms with Gasteiger partial charge in [0.2, 0.25) is 5.91 Å². The highest BCUT2D eigenvalue weighted by atomic mass is 16.5. The van der Waals surface area contributed by atoms with Crippen LogP contribution in [0.15, 0.2) is 12.1 Å². The van der Waals surface area contributed by atoms with Gasteiger partial charge >= 0.3 is 0 Å². The fourth-order valence-electron chi connectivity index (χ4n) is 2.93. The van der Waals surface area contributed by atoms with Crippen molar-refractivity contribution in [2.45, 2.75) is 33.2 Å². The minimum atomic E-state index is -0.0236. The molecule has 1 heterocycles. The largest absolute Gasteiger partial charge is 0.496 e. The van der Waals surface area contributed by atoms with E-state index in [4.69, 9.17) is 14.2 Å². The van der Waals surface area contributed by atoms with E-state index in [2.05, 4.69) is 10.4 Å². The fraction of sp³-hybridized carbons (Fsp3) is 0.474. The number of amides is 1. The van der Waals surface area contributed by atoms with Gasteiger partial charge in [-0.05, 0) is 31.9 Å². The number of nitrogens with one attached hydrogen (secondary N) is 1. The maximum Gasteiger partial charge on any atom is 0.220 e. The van der Waals surface area contributed by atoms with Crippen LogP contribution >= 0.6 is 0 Å². The van der Waals surface area contributed by atoms with E-state index < -0.39 is 0 Å². The Bertz CT molecular complexity index is 784. The normalized spacial score (nSPS) is 10.5. The number of benzene rings is 1. The Labute approximate surface area is 154 Å². The van der Waals surface area contributed by atoms with Crippen molar-refractivity contribution in [1.82, 2.24) is 15.1 Å². The second-order valence-electron chi connectivity index (χ2n) is 6.07. The van der Waals surface area contributed by atoms with Gasteiger partial charge in [-0.3, -0.25) is 9.48 Å². The van der Waals surface area contributed by atoms with E-state index in [9.17, 15) is 4.79 Å². The third kappa shape index (κ3) is 4.28. The van der Waals surface area contributed by atoms with Crippen molar-refractivity contribution in [3.63, 3.8) is 0 Å². The van der Waals surface area contributed by atoms with Crippen molar-refractivity contribution >= 4 is 5.91 Å². The third-order valence-corrected chi connectivity index (χ3v) is 4.52. The van der Waals surface area contributed by atoms with Gasteiger partial charge in [0, 0.05) is 37.3 Å². The molecule has 0 bridgehead atoms. The van der Waals surface area contributed by atoms with Crippen LogP contribution in [-0.2, 0) is 24.8 Å². The number of methoxy groups -OCH3 is 3. The van der Waals surface area contributed by atoms with Crippen molar-refractivity contribution in [2.24, 2.45) is 7.05 Å². The average molecular weight is 361 g/mol. The lowest BCUT2D eigenvalue weighted by atomic mass is 10.1. The van der Waals surface area contributed by atoms with E-state index in [1.54, 1.807) is 27.4 Å². The molecule has 1 aromatic heterocycles. The van der Waals surface area contributed by atoms with Gasteiger partial charge in [-0.15, -0.1) is 0 Å². The highest BCUT2D eigenvalue weighted by molar-refractivity contribution is 5.76. The van der Waals surface area contributed by atoms with Crippen LogP contribution < -0.4 is 19.5 Å². The lowest BCUT2D eigenvalue weighted by Crippen LogP contribution is -2.23. The van der Waals surface area contributed by atoms with Gasteiger partial charge in [-0.1, -0.05) is 0 Å². The molecule has 1 N–H and O–H groups in total. The highest BCUT2D eigenvalue weighted by Crippen LogP contribution is 2.34. The molecule has 26 heavy (non-hydrogen) atoms. The Hall–Kier alpha value is -2.70. The molecule has 7 heteroatoms. The molecule has 2 rings (SSSR count). The number of hydrogen-bond donors (Lipinski definition) is 1. The topological polar surface area (TPSA) is 74.6 Å². The number of ether oxygens (including phenoxy) is 3. The van der Waals surface area contributed by atoms with E-state index in [1.165, 1.54) is 0 Å². The van der Waals surface area contributed by atoms with Gasteiger partial charge in [0.05, 0.1) is 27.0 Å². The average Bonchev–Trinajstić information content (AvgIpc) is 2.88. The molecule has 0 radical (unpaired) electrons. The molecule has 0 saturated heterocycles. The molecule has 0 aliphatic rings. The molecule has 0 unspecified atom stereocenters. The monoisotopic (exact) mass is 361 g/mol. The maximum absolute atomic E-state index is 12.3. The second kappa shape index (κ2) is 8.60. The summed E-state index contributed by atoms with van der Waals surface area (Å²) in [7, 11) is 6.64. The van der Waals surface area contributed by atoms with Gasteiger partial charge in [-0.25, -0.2) is 0 Å². The summed E-state index contributed by atoms with van der Waals surface area (Å²) >= 11 is 0. The Morgan fingerprint density at radius 3 is 2.23 bits per heavy atom. The van der Waals surface area contributed by atoms with Crippen LogP contribution in [0.2, 0.25) is 0 Å². The highest BCUT2D eigenvalue weighted by Gasteiger charge is 2.14. The van der Waals surface area contributed by atoms with E-state index in [0.29, 0.717) is 36.6 Å². The lowest BCUT2D eigenvalue weighted by molar-refractivity contribution is -0.121. The van der Waals surface area contributed by atoms with Crippen molar-refractivity contribution in [3.8, 4) is 17.2 Å². The predicted octanol–water partition coefficient (Wildman–Crippen LogP) is 2.31. The standard InChI is InChI=1S/C19H27N3O4/c1-12-15(13(2)22(3)21-12)7-8-19(23)20-11-14-9-17(25-5)18(26-6)10-16(14)24-4/h9-10H,7-8,11H2,1-6H3,(H,20,23). The molecule has 0 aliphatic carbocycles. The molecule has 0 atom stereocenters. The first-order valence-corrected chi connectivity index (χ1v) is 8.45. The molecule has 142 valence electrons. The molecule has 0 aliphatic heterocycles. The number of carbonyl (C=O) groups is 1. The summed E-state index contributed by atoms with van der Waals surface area (Å²) in [5, 5.41) is 7.32. The van der Waals surface area contributed by atoms with Crippen LogP contribution in [-0.4, -0.2) is 37.0 Å². The summed E-state index contributed by atoms with van der Waals surface area (Å²) in [6, 6.07) is 3.57. The van der Waals surface area contributed by atoms with Gasteiger partial charge in [-0.2, -0.15) is 5.10 Å². The van der Waals surface area contributed by atoms with Crippen molar-refractivity contribution in [1.29, 1.82) is 0 Å². The molecule has 1 aromatic carbocycles. The smallest absolute Gasteiger partial charge is 0.220 e. The summed E-state index contributed by atoms with van der Waals surface area (Å²) in [5.41, 5.74) is 4.02. The Kier molecular flexibility index (Phi) is 6.49. The van der Waals surface area contributed by atoms with E-state index in [0.717, 1.165) is 22.5 Å². The first-order chi connectivity index (χ1) is 12.4. The molecule has 2 aromatic rings.